The monoisotopic (exact) mass is 350 g/mol. The van der Waals surface area contributed by atoms with E-state index in [4.69, 9.17) is 0 Å². The highest BCUT2D eigenvalue weighted by Crippen LogP contribution is 2.49. The minimum atomic E-state index is -0.688. The molecule has 0 heterocycles. The summed E-state index contributed by atoms with van der Waals surface area (Å²) >= 11 is 3.03. The van der Waals surface area contributed by atoms with Gasteiger partial charge in [-0.3, -0.25) is 4.79 Å². The summed E-state index contributed by atoms with van der Waals surface area (Å²) in [5, 5.41) is 0. The number of hydrogen-bond donors (Lipinski definition) is 0. The van der Waals surface area contributed by atoms with Gasteiger partial charge in [-0.15, -0.1) is 0 Å². The molecular formula is C17H13BrF2O. The van der Waals surface area contributed by atoms with Crippen molar-refractivity contribution in [1.82, 2.24) is 0 Å². The topological polar surface area (TPSA) is 17.1 Å². The highest BCUT2D eigenvalue weighted by Gasteiger charge is 2.50. The Morgan fingerprint density at radius 2 is 1.76 bits per heavy atom. The van der Waals surface area contributed by atoms with Gasteiger partial charge in [0.05, 0.1) is 9.89 Å². The normalized spacial score (nSPS) is 15.8. The van der Waals surface area contributed by atoms with Gasteiger partial charge in [-0.25, -0.2) is 8.78 Å². The summed E-state index contributed by atoms with van der Waals surface area (Å²) in [6.45, 7) is 0. The largest absolute Gasteiger partial charge is 0.298 e. The van der Waals surface area contributed by atoms with Crippen LogP contribution < -0.4 is 0 Å². The van der Waals surface area contributed by atoms with E-state index in [1.807, 2.05) is 30.3 Å². The Morgan fingerprint density at radius 1 is 1.10 bits per heavy atom. The van der Waals surface area contributed by atoms with Crippen molar-refractivity contribution in [2.75, 3.05) is 0 Å². The molecule has 2 aromatic carbocycles. The summed E-state index contributed by atoms with van der Waals surface area (Å²) in [6, 6.07) is 11.9. The van der Waals surface area contributed by atoms with Gasteiger partial charge in [-0.2, -0.15) is 0 Å². The van der Waals surface area contributed by atoms with Crippen LogP contribution in [-0.2, 0) is 16.6 Å². The molecule has 4 heteroatoms. The molecule has 3 rings (SSSR count). The molecule has 0 bridgehead atoms. The summed E-state index contributed by atoms with van der Waals surface area (Å²) in [4.78, 5) is 12.6. The molecule has 1 aliphatic rings. The van der Waals surface area contributed by atoms with E-state index in [-0.39, 0.29) is 22.2 Å². The van der Waals surface area contributed by atoms with Crippen molar-refractivity contribution in [3.63, 3.8) is 0 Å². The Hall–Kier alpha value is -1.55. The summed E-state index contributed by atoms with van der Waals surface area (Å²) < 4.78 is 28.0. The van der Waals surface area contributed by atoms with Gasteiger partial charge in [-0.1, -0.05) is 30.3 Å². The van der Waals surface area contributed by atoms with Crippen LogP contribution in [0.15, 0.2) is 46.9 Å². The molecule has 0 atom stereocenters. The van der Waals surface area contributed by atoms with Crippen LogP contribution in [0.2, 0.25) is 0 Å². The number of rotatable bonds is 4. The maximum Gasteiger partial charge on any atom is 0.147 e. The van der Waals surface area contributed by atoms with Crippen molar-refractivity contribution in [1.29, 1.82) is 0 Å². The zero-order chi connectivity index (χ0) is 15.0. The molecule has 1 saturated carbocycles. The van der Waals surface area contributed by atoms with E-state index < -0.39 is 17.0 Å². The number of Topliss-reactive ketones (excluding diaryl/α,β-unsaturated/α-hetero) is 1. The van der Waals surface area contributed by atoms with Crippen molar-refractivity contribution < 1.29 is 13.6 Å². The minimum absolute atomic E-state index is 0.121. The van der Waals surface area contributed by atoms with Gasteiger partial charge >= 0.3 is 0 Å². The highest BCUT2D eigenvalue weighted by atomic mass is 79.9. The smallest absolute Gasteiger partial charge is 0.147 e. The molecule has 0 saturated heterocycles. The third-order valence-corrected chi connectivity index (χ3v) is 4.70. The molecule has 1 nitrogen and oxygen atoms in total. The fraction of sp³-hybridized carbons (Fsp3) is 0.235. The zero-order valence-electron chi connectivity index (χ0n) is 11.2. The summed E-state index contributed by atoms with van der Waals surface area (Å²) in [6.07, 6.45) is 1.27. The standard InChI is InChI=1S/C17H13BrF2O/c18-13-6-7-14(19)12(16(13)20)10-15(21)17(8-9-17)11-4-2-1-3-5-11/h1-7H,8-10H2. The number of hydrogen-bond acceptors (Lipinski definition) is 1. The van der Waals surface area contributed by atoms with Gasteiger partial charge in [0, 0.05) is 12.0 Å². The second kappa shape index (κ2) is 5.34. The molecule has 0 aromatic heterocycles. The van der Waals surface area contributed by atoms with Crippen molar-refractivity contribution >= 4 is 21.7 Å². The average Bonchev–Trinajstić information content (AvgIpc) is 3.30. The molecule has 0 spiro atoms. The van der Waals surface area contributed by atoms with E-state index >= 15 is 0 Å². The fourth-order valence-electron chi connectivity index (χ4n) is 2.67. The molecule has 0 aliphatic heterocycles. The first-order valence-electron chi connectivity index (χ1n) is 6.76. The molecule has 1 fully saturated rings. The predicted molar refractivity (Wildman–Crippen MR) is 80.1 cm³/mol. The average molecular weight is 351 g/mol. The maximum atomic E-state index is 14.0. The SMILES string of the molecule is O=C(Cc1c(F)ccc(Br)c1F)C1(c2ccccc2)CC1. The molecule has 0 unspecified atom stereocenters. The van der Waals surface area contributed by atoms with E-state index in [0.717, 1.165) is 18.4 Å². The fourth-order valence-corrected chi connectivity index (χ4v) is 3.04. The summed E-state index contributed by atoms with van der Waals surface area (Å²) in [5.41, 5.74) is 0.227. The lowest BCUT2D eigenvalue weighted by Crippen LogP contribution is -2.23. The molecule has 1 aliphatic carbocycles. The third-order valence-electron chi connectivity index (χ3n) is 4.09. The molecule has 0 radical (unpaired) electrons. The lowest BCUT2D eigenvalue weighted by atomic mass is 9.88. The van der Waals surface area contributed by atoms with Gasteiger partial charge in [0.15, 0.2) is 0 Å². The Kier molecular flexibility index (Phi) is 3.66. The Labute approximate surface area is 130 Å². The number of ketones is 1. The first kappa shape index (κ1) is 14.4. The Morgan fingerprint density at radius 3 is 2.38 bits per heavy atom. The van der Waals surface area contributed by atoms with Crippen LogP contribution in [0, 0.1) is 11.6 Å². The maximum absolute atomic E-state index is 14.0. The number of benzene rings is 2. The van der Waals surface area contributed by atoms with E-state index in [1.165, 1.54) is 12.1 Å². The molecular weight excluding hydrogens is 338 g/mol. The van der Waals surface area contributed by atoms with Crippen LogP contribution in [-0.4, -0.2) is 5.78 Å². The van der Waals surface area contributed by atoms with Crippen LogP contribution >= 0.6 is 15.9 Å². The number of halogens is 3. The second-order valence-electron chi connectivity index (χ2n) is 5.37. The molecule has 108 valence electrons. The van der Waals surface area contributed by atoms with Crippen LogP contribution in [0.3, 0.4) is 0 Å². The van der Waals surface area contributed by atoms with Crippen LogP contribution in [0.1, 0.15) is 24.0 Å². The minimum Gasteiger partial charge on any atom is -0.298 e. The lowest BCUT2D eigenvalue weighted by molar-refractivity contribution is -0.120. The summed E-state index contributed by atoms with van der Waals surface area (Å²) in [5.74, 6) is -1.48. The number of carbonyl (C=O) groups is 1. The first-order chi connectivity index (χ1) is 10.0. The lowest BCUT2D eigenvalue weighted by Gasteiger charge is -2.15. The van der Waals surface area contributed by atoms with E-state index in [1.54, 1.807) is 0 Å². The Bertz CT molecular complexity index is 693. The molecule has 2 aromatic rings. The van der Waals surface area contributed by atoms with Gasteiger partial charge < -0.3 is 0 Å². The first-order valence-corrected chi connectivity index (χ1v) is 7.55. The van der Waals surface area contributed by atoms with Gasteiger partial charge in [0.1, 0.15) is 17.4 Å². The van der Waals surface area contributed by atoms with Crippen molar-refractivity contribution in [3.05, 3.63) is 69.7 Å². The molecule has 0 amide bonds. The van der Waals surface area contributed by atoms with Crippen LogP contribution in [0.4, 0.5) is 8.78 Å². The number of carbonyl (C=O) groups excluding carboxylic acids is 1. The van der Waals surface area contributed by atoms with Gasteiger partial charge in [0.2, 0.25) is 0 Å². The van der Waals surface area contributed by atoms with Gasteiger partial charge in [0.25, 0.3) is 0 Å². The van der Waals surface area contributed by atoms with Gasteiger partial charge in [-0.05, 0) is 46.5 Å². The second-order valence-corrected chi connectivity index (χ2v) is 6.22. The van der Waals surface area contributed by atoms with Crippen LogP contribution in [0.25, 0.3) is 0 Å². The van der Waals surface area contributed by atoms with Crippen molar-refractivity contribution in [2.45, 2.75) is 24.7 Å². The third kappa shape index (κ3) is 2.53. The van der Waals surface area contributed by atoms with Crippen molar-refractivity contribution in [3.8, 4) is 0 Å². The molecule has 0 N–H and O–H groups in total. The summed E-state index contributed by atoms with van der Waals surface area (Å²) in [7, 11) is 0. The van der Waals surface area contributed by atoms with E-state index in [2.05, 4.69) is 15.9 Å². The van der Waals surface area contributed by atoms with Crippen molar-refractivity contribution in [2.24, 2.45) is 0 Å². The van der Waals surface area contributed by atoms with E-state index in [0.29, 0.717) is 0 Å². The Balaban J connectivity index is 1.90. The predicted octanol–water partition coefficient (Wildman–Crippen LogP) is 4.57. The quantitative estimate of drug-likeness (QED) is 0.738. The zero-order valence-corrected chi connectivity index (χ0v) is 12.8. The van der Waals surface area contributed by atoms with Crippen LogP contribution in [0.5, 0.6) is 0 Å². The van der Waals surface area contributed by atoms with E-state index in [9.17, 15) is 13.6 Å². The molecule has 21 heavy (non-hydrogen) atoms. The highest BCUT2D eigenvalue weighted by molar-refractivity contribution is 9.10.